The first-order chi connectivity index (χ1) is 28.3. The molecule has 0 fully saturated rings. The summed E-state index contributed by atoms with van der Waals surface area (Å²) < 4.78 is 57.8. The molecule has 0 aromatic heterocycles. The average Bonchev–Trinajstić information content (AvgIpc) is 3.22. The van der Waals surface area contributed by atoms with Crippen molar-refractivity contribution in [1.82, 2.24) is 0 Å². The van der Waals surface area contributed by atoms with Crippen molar-refractivity contribution in [2.45, 2.75) is 115 Å². The summed E-state index contributed by atoms with van der Waals surface area (Å²) in [5.74, 6) is 6.82. The van der Waals surface area contributed by atoms with Crippen molar-refractivity contribution in [1.29, 1.82) is 0 Å². The van der Waals surface area contributed by atoms with Gasteiger partial charge in [0.1, 0.15) is 0 Å². The Morgan fingerprint density at radius 2 is 0.552 bits per heavy atom. The van der Waals surface area contributed by atoms with Gasteiger partial charge in [-0.25, -0.2) is 0 Å². The van der Waals surface area contributed by atoms with Crippen molar-refractivity contribution in [3.05, 3.63) is 36.4 Å². The topological polar surface area (TPSA) is 83.1 Å². The fourth-order valence-corrected chi connectivity index (χ4v) is 29.2. The van der Waals surface area contributed by atoms with Crippen LogP contribution in [0.3, 0.4) is 0 Å². The summed E-state index contributed by atoms with van der Waals surface area (Å²) in [6.07, 6.45) is 3.21. The van der Waals surface area contributed by atoms with Gasteiger partial charge in [-0.2, -0.15) is 0 Å². The van der Waals surface area contributed by atoms with Gasteiger partial charge < -0.3 is 0 Å². The normalized spacial score (nSPS) is 13.2. The molecule has 58 heavy (non-hydrogen) atoms. The monoisotopic (exact) mass is 912 g/mol. The van der Waals surface area contributed by atoms with E-state index in [-0.39, 0.29) is 0 Å². The number of hydrogen-bond donors (Lipinski definition) is 0. The van der Waals surface area contributed by atoms with Crippen LogP contribution in [0.5, 0.6) is 51.7 Å². The standard InChI is InChI=1S/C45H69AsO9Si3/c1-13-37(56-34-28-25-31(47-16-4)40(50-19-7)43(34)53-22-10)46(38(14-2)57-35-29-26-32(48-17-5)41(51-20-8)44(35)54-23-11)39(15-3)58-36-30-27-33(49-18-6)42(52-21-9)45(36)55-24-12/h25-30,37-39H,13-24H2,1-12H3. The van der Waals surface area contributed by atoms with E-state index in [1.807, 2.05) is 62.3 Å². The molecule has 0 aliphatic rings. The zero-order valence-electron chi connectivity index (χ0n) is 37.3. The summed E-state index contributed by atoms with van der Waals surface area (Å²) in [6, 6.07) is 12.9. The molecule has 3 unspecified atom stereocenters. The van der Waals surface area contributed by atoms with Gasteiger partial charge in [-0.15, -0.1) is 0 Å². The molecule has 0 saturated heterocycles. The molecule has 320 valence electrons. The fraction of sp³-hybridized carbons (Fsp3) is 0.600. The predicted octanol–water partition coefficient (Wildman–Crippen LogP) is 8.37. The van der Waals surface area contributed by atoms with E-state index in [4.69, 9.17) is 42.6 Å². The van der Waals surface area contributed by atoms with Gasteiger partial charge in [0, 0.05) is 0 Å². The summed E-state index contributed by atoms with van der Waals surface area (Å²) in [7, 11) is 1.63. The molecule has 0 heterocycles. The van der Waals surface area contributed by atoms with Crippen LogP contribution in [-0.2, 0) is 0 Å². The number of hydrogen-bond acceptors (Lipinski definition) is 9. The Bertz CT molecular complexity index is 1460. The van der Waals surface area contributed by atoms with Gasteiger partial charge in [0.2, 0.25) is 0 Å². The van der Waals surface area contributed by atoms with E-state index >= 15 is 0 Å². The molecule has 3 aromatic rings. The SMILES string of the molecule is CCOc1ccc([Si]C(CC)[As](C(CC)[Si]c2ccc(OCC)c(OCC)c2OCC)C(CC)[Si]c2ccc(OCC)c(OCC)c2OCC)c(OCC)c1OCC. The first kappa shape index (κ1) is 49.4. The second-order valence-corrected chi connectivity index (χ2v) is 26.4. The molecule has 0 saturated carbocycles. The van der Waals surface area contributed by atoms with Crippen LogP contribution in [-0.4, -0.2) is 103 Å². The van der Waals surface area contributed by atoms with Gasteiger partial charge in [-0.3, -0.25) is 0 Å². The second kappa shape index (κ2) is 27.0. The van der Waals surface area contributed by atoms with Crippen LogP contribution < -0.4 is 58.2 Å². The molecule has 13 heteroatoms. The van der Waals surface area contributed by atoms with Gasteiger partial charge in [-0.1, -0.05) is 0 Å². The van der Waals surface area contributed by atoms with Gasteiger partial charge in [0.05, 0.1) is 0 Å². The molecule has 0 bridgehead atoms. The predicted molar refractivity (Wildman–Crippen MR) is 244 cm³/mol. The second-order valence-electron chi connectivity index (χ2n) is 12.9. The minimum absolute atomic E-state index is 0.489. The van der Waals surface area contributed by atoms with Crippen LogP contribution in [0.2, 0.25) is 13.0 Å². The zero-order valence-corrected chi connectivity index (χ0v) is 42.2. The van der Waals surface area contributed by atoms with Crippen LogP contribution in [0.25, 0.3) is 0 Å². The van der Waals surface area contributed by atoms with E-state index in [1.165, 1.54) is 15.6 Å². The van der Waals surface area contributed by atoms with E-state index in [1.54, 1.807) is 0 Å². The third kappa shape index (κ3) is 13.0. The molecule has 6 radical (unpaired) electrons. The molecular weight excluding hydrogens is 844 g/mol. The van der Waals surface area contributed by atoms with Crippen molar-refractivity contribution in [2.75, 3.05) is 59.5 Å². The Morgan fingerprint density at radius 1 is 0.328 bits per heavy atom. The number of benzene rings is 3. The van der Waals surface area contributed by atoms with Gasteiger partial charge in [0.15, 0.2) is 0 Å². The average molecular weight is 913 g/mol. The Morgan fingerprint density at radius 3 is 0.759 bits per heavy atom. The summed E-state index contributed by atoms with van der Waals surface area (Å²) >= 11 is -1.83. The van der Waals surface area contributed by atoms with Gasteiger partial charge in [-0.05, 0) is 0 Å². The van der Waals surface area contributed by atoms with E-state index in [0.29, 0.717) is 118 Å². The molecule has 0 aliphatic heterocycles. The summed E-state index contributed by atoms with van der Waals surface area (Å²) in [4.78, 5) is 0. The summed E-state index contributed by atoms with van der Waals surface area (Å²) in [5.41, 5.74) is 0. The van der Waals surface area contributed by atoms with E-state index in [2.05, 4.69) is 57.2 Å². The van der Waals surface area contributed by atoms with E-state index in [9.17, 15) is 0 Å². The van der Waals surface area contributed by atoms with E-state index in [0.717, 1.165) is 53.8 Å². The first-order valence-corrected chi connectivity index (χ1v) is 28.0. The van der Waals surface area contributed by atoms with Crippen molar-refractivity contribution in [2.24, 2.45) is 0 Å². The third-order valence-corrected chi connectivity index (χ3v) is 27.3. The first-order valence-electron chi connectivity index (χ1n) is 21.5. The maximum atomic E-state index is 6.45. The van der Waals surface area contributed by atoms with Crippen LogP contribution in [0, 0.1) is 0 Å². The molecule has 0 aliphatic carbocycles. The Balaban J connectivity index is 2.30. The molecule has 0 spiro atoms. The third-order valence-electron chi connectivity index (χ3n) is 9.07. The van der Waals surface area contributed by atoms with Crippen LogP contribution in [0.15, 0.2) is 36.4 Å². The zero-order chi connectivity index (χ0) is 42.5. The van der Waals surface area contributed by atoms with Crippen molar-refractivity contribution in [3.63, 3.8) is 0 Å². The van der Waals surface area contributed by atoms with Gasteiger partial charge >= 0.3 is 364 Å². The van der Waals surface area contributed by atoms with Crippen molar-refractivity contribution < 1.29 is 42.6 Å². The molecule has 0 N–H and O–H groups in total. The quantitative estimate of drug-likeness (QED) is 0.0614. The summed E-state index contributed by atoms with van der Waals surface area (Å²) in [6.45, 7) is 30.2. The maximum absolute atomic E-state index is 6.45. The van der Waals surface area contributed by atoms with Crippen molar-refractivity contribution >= 4 is 58.8 Å². The fourth-order valence-electron chi connectivity index (χ4n) is 6.84. The Kier molecular flexibility index (Phi) is 23.0. The molecule has 3 rings (SSSR count). The molecular formula is C45H69AsO9Si3. The van der Waals surface area contributed by atoms with E-state index < -0.39 is 14.7 Å². The Hall–Kier alpha value is -2.93. The summed E-state index contributed by atoms with van der Waals surface area (Å²) in [5, 5.41) is 3.63. The van der Waals surface area contributed by atoms with Gasteiger partial charge in [0.25, 0.3) is 0 Å². The number of rotatable bonds is 30. The van der Waals surface area contributed by atoms with Crippen LogP contribution in [0.1, 0.15) is 102 Å². The number of ether oxygens (including phenoxy) is 9. The Labute approximate surface area is 362 Å². The van der Waals surface area contributed by atoms with Crippen LogP contribution >= 0.6 is 0 Å². The molecule has 0 amide bonds. The molecule has 3 atom stereocenters. The van der Waals surface area contributed by atoms with Crippen molar-refractivity contribution in [3.8, 4) is 51.7 Å². The molecule has 9 nitrogen and oxygen atoms in total. The molecule has 3 aromatic carbocycles. The van der Waals surface area contributed by atoms with Crippen LogP contribution in [0.4, 0.5) is 0 Å². The minimum atomic E-state index is -1.83.